The number of rotatable bonds is 8. The molecule has 1 aromatic heterocycles. The third-order valence-corrected chi connectivity index (χ3v) is 3.92. The van der Waals surface area contributed by atoms with Crippen molar-refractivity contribution in [2.75, 3.05) is 25.5 Å². The summed E-state index contributed by atoms with van der Waals surface area (Å²) in [4.78, 5) is 22.3. The predicted molar refractivity (Wildman–Crippen MR) is 97.5 cm³/mol. The summed E-state index contributed by atoms with van der Waals surface area (Å²) < 4.78 is 0. The number of hydrogen-bond acceptors (Lipinski definition) is 4. The van der Waals surface area contributed by atoms with Crippen LogP contribution in [-0.2, 0) is 6.42 Å². The Morgan fingerprint density at radius 2 is 2.12 bits per heavy atom. The highest BCUT2D eigenvalue weighted by Crippen LogP contribution is 2.12. The van der Waals surface area contributed by atoms with Gasteiger partial charge in [0.1, 0.15) is 17.8 Å². The summed E-state index contributed by atoms with van der Waals surface area (Å²) in [5.74, 6) is 0.572. The van der Waals surface area contributed by atoms with Gasteiger partial charge in [-0.05, 0) is 30.5 Å². The lowest BCUT2D eigenvalue weighted by Crippen LogP contribution is -2.28. The Balaban J connectivity index is 1.91. The second kappa shape index (κ2) is 9.23. The van der Waals surface area contributed by atoms with Crippen LogP contribution in [0.15, 0.2) is 36.7 Å². The summed E-state index contributed by atoms with van der Waals surface area (Å²) in [6, 6.07) is 9.47. The van der Waals surface area contributed by atoms with Gasteiger partial charge in [0.2, 0.25) is 0 Å². The van der Waals surface area contributed by atoms with Gasteiger partial charge < -0.3 is 10.2 Å². The number of nitrogens with zero attached hydrogens (tertiary/aromatic N) is 3. The van der Waals surface area contributed by atoms with Gasteiger partial charge in [-0.25, -0.2) is 9.97 Å². The Bertz CT molecular complexity index is 678. The molecule has 1 heterocycles. The fourth-order valence-electron chi connectivity index (χ4n) is 2.29. The van der Waals surface area contributed by atoms with Gasteiger partial charge in [0, 0.05) is 31.2 Å². The molecule has 0 radical (unpaired) electrons. The van der Waals surface area contributed by atoms with Gasteiger partial charge in [0.25, 0.3) is 5.91 Å². The molecule has 0 aliphatic heterocycles. The minimum Gasteiger partial charge on any atom is -0.370 e. The van der Waals surface area contributed by atoms with E-state index in [9.17, 15) is 4.79 Å². The van der Waals surface area contributed by atoms with Gasteiger partial charge in [0.15, 0.2) is 0 Å². The van der Waals surface area contributed by atoms with E-state index in [1.165, 1.54) is 6.33 Å². The predicted octanol–water partition coefficient (Wildman–Crippen LogP) is 3.66. The molecule has 6 heteroatoms. The highest BCUT2D eigenvalue weighted by Gasteiger charge is 2.13. The van der Waals surface area contributed by atoms with Gasteiger partial charge in [-0.3, -0.25) is 4.79 Å². The molecule has 0 saturated heterocycles. The van der Waals surface area contributed by atoms with Crippen LogP contribution in [0.25, 0.3) is 0 Å². The minimum absolute atomic E-state index is 0.0799. The van der Waals surface area contributed by atoms with Crippen molar-refractivity contribution in [3.05, 3.63) is 52.9 Å². The first-order valence-corrected chi connectivity index (χ1v) is 8.53. The SMILES string of the molecule is CCCCN(C)C(=O)c1cc(NCCc2cccc(Cl)c2)ncn1. The third kappa shape index (κ3) is 5.49. The van der Waals surface area contributed by atoms with E-state index < -0.39 is 0 Å². The Morgan fingerprint density at radius 3 is 2.88 bits per heavy atom. The number of aromatic nitrogens is 2. The highest BCUT2D eigenvalue weighted by atomic mass is 35.5. The number of nitrogens with one attached hydrogen (secondary N) is 1. The topological polar surface area (TPSA) is 58.1 Å². The Kier molecular flexibility index (Phi) is 7.00. The van der Waals surface area contributed by atoms with E-state index in [0.717, 1.165) is 36.4 Å². The van der Waals surface area contributed by atoms with Crippen molar-refractivity contribution in [1.82, 2.24) is 14.9 Å². The molecule has 0 saturated carbocycles. The zero-order valence-corrected chi connectivity index (χ0v) is 14.9. The monoisotopic (exact) mass is 346 g/mol. The molecule has 0 unspecified atom stereocenters. The number of amides is 1. The number of carbonyl (C=O) groups excluding carboxylic acids is 1. The Labute approximate surface area is 148 Å². The molecule has 0 aliphatic carbocycles. The van der Waals surface area contributed by atoms with E-state index in [-0.39, 0.29) is 5.91 Å². The lowest BCUT2D eigenvalue weighted by molar-refractivity contribution is 0.0787. The normalized spacial score (nSPS) is 10.5. The van der Waals surface area contributed by atoms with Crippen LogP contribution in [0.2, 0.25) is 5.02 Å². The molecule has 24 heavy (non-hydrogen) atoms. The summed E-state index contributed by atoms with van der Waals surface area (Å²) in [6.45, 7) is 3.54. The molecule has 0 aliphatic rings. The first-order valence-electron chi connectivity index (χ1n) is 8.16. The first kappa shape index (κ1) is 18.2. The molecular weight excluding hydrogens is 324 g/mol. The van der Waals surface area contributed by atoms with Crippen LogP contribution >= 0.6 is 11.6 Å². The third-order valence-electron chi connectivity index (χ3n) is 3.69. The summed E-state index contributed by atoms with van der Waals surface area (Å²) in [5, 5.41) is 3.96. The second-order valence-corrected chi connectivity index (χ2v) is 6.11. The van der Waals surface area contributed by atoms with Crippen molar-refractivity contribution in [2.24, 2.45) is 0 Å². The van der Waals surface area contributed by atoms with E-state index in [1.54, 1.807) is 18.0 Å². The van der Waals surface area contributed by atoms with Gasteiger partial charge in [-0.2, -0.15) is 0 Å². The Morgan fingerprint density at radius 1 is 1.29 bits per heavy atom. The molecule has 5 nitrogen and oxygen atoms in total. The van der Waals surface area contributed by atoms with Crippen LogP contribution in [0.1, 0.15) is 35.8 Å². The van der Waals surface area contributed by atoms with Gasteiger partial charge in [0.05, 0.1) is 0 Å². The van der Waals surface area contributed by atoms with E-state index in [0.29, 0.717) is 18.1 Å². The van der Waals surface area contributed by atoms with Crippen molar-refractivity contribution in [1.29, 1.82) is 0 Å². The minimum atomic E-state index is -0.0799. The van der Waals surface area contributed by atoms with E-state index in [2.05, 4.69) is 22.2 Å². The van der Waals surface area contributed by atoms with Crippen molar-refractivity contribution in [3.63, 3.8) is 0 Å². The maximum Gasteiger partial charge on any atom is 0.272 e. The fourth-order valence-corrected chi connectivity index (χ4v) is 2.50. The molecule has 1 aromatic carbocycles. The van der Waals surface area contributed by atoms with Crippen molar-refractivity contribution < 1.29 is 4.79 Å². The molecule has 0 bridgehead atoms. The van der Waals surface area contributed by atoms with Crippen LogP contribution in [0.5, 0.6) is 0 Å². The first-order chi connectivity index (χ1) is 11.6. The van der Waals surface area contributed by atoms with Crippen LogP contribution in [0, 0.1) is 0 Å². The van der Waals surface area contributed by atoms with Crippen molar-refractivity contribution in [2.45, 2.75) is 26.2 Å². The van der Waals surface area contributed by atoms with Crippen LogP contribution in [0.3, 0.4) is 0 Å². The van der Waals surface area contributed by atoms with E-state index >= 15 is 0 Å². The maximum absolute atomic E-state index is 12.3. The molecule has 2 aromatic rings. The lowest BCUT2D eigenvalue weighted by atomic mass is 10.1. The molecule has 1 amide bonds. The molecule has 128 valence electrons. The largest absolute Gasteiger partial charge is 0.370 e. The number of anilines is 1. The average Bonchev–Trinajstić information content (AvgIpc) is 2.59. The zero-order chi connectivity index (χ0) is 17.4. The number of carbonyl (C=O) groups is 1. The molecule has 1 N–H and O–H groups in total. The van der Waals surface area contributed by atoms with Crippen molar-refractivity contribution in [3.8, 4) is 0 Å². The Hall–Kier alpha value is -2.14. The summed E-state index contributed by atoms with van der Waals surface area (Å²) in [7, 11) is 1.80. The van der Waals surface area contributed by atoms with E-state index in [1.807, 2.05) is 24.3 Å². The molecule has 0 atom stereocenters. The fraction of sp³-hybridized carbons (Fsp3) is 0.389. The van der Waals surface area contributed by atoms with Crippen LogP contribution in [-0.4, -0.2) is 40.9 Å². The number of benzene rings is 1. The van der Waals surface area contributed by atoms with Gasteiger partial charge in [-0.15, -0.1) is 0 Å². The summed E-state index contributed by atoms with van der Waals surface area (Å²) in [5.41, 5.74) is 1.56. The average molecular weight is 347 g/mol. The smallest absolute Gasteiger partial charge is 0.272 e. The summed E-state index contributed by atoms with van der Waals surface area (Å²) >= 11 is 5.98. The molecule has 2 rings (SSSR count). The van der Waals surface area contributed by atoms with Crippen LogP contribution < -0.4 is 5.32 Å². The lowest BCUT2D eigenvalue weighted by Gasteiger charge is -2.16. The van der Waals surface area contributed by atoms with Crippen LogP contribution in [0.4, 0.5) is 5.82 Å². The quantitative estimate of drug-likeness (QED) is 0.792. The van der Waals surface area contributed by atoms with E-state index in [4.69, 9.17) is 11.6 Å². The standard InChI is InChI=1S/C18H23ClN4O/c1-3-4-10-23(2)18(24)16-12-17(22-13-21-16)20-9-8-14-6-5-7-15(19)11-14/h5-7,11-13H,3-4,8-10H2,1-2H3,(H,20,21,22). The van der Waals surface area contributed by atoms with Gasteiger partial charge >= 0.3 is 0 Å². The second-order valence-electron chi connectivity index (χ2n) is 5.68. The van der Waals surface area contributed by atoms with Crippen molar-refractivity contribution >= 4 is 23.3 Å². The summed E-state index contributed by atoms with van der Waals surface area (Å²) in [6.07, 6.45) is 4.28. The molecule has 0 spiro atoms. The molecular formula is C18H23ClN4O. The number of halogens is 1. The molecule has 0 fully saturated rings. The number of hydrogen-bond donors (Lipinski definition) is 1. The zero-order valence-electron chi connectivity index (χ0n) is 14.1. The number of unbranched alkanes of at least 4 members (excludes halogenated alkanes) is 1. The highest BCUT2D eigenvalue weighted by molar-refractivity contribution is 6.30. The maximum atomic E-state index is 12.3. The van der Waals surface area contributed by atoms with Gasteiger partial charge in [-0.1, -0.05) is 37.1 Å².